The lowest BCUT2D eigenvalue weighted by Gasteiger charge is -2.24. The molecule has 0 spiro atoms. The SMILES string of the molecule is CC(=O)N1CCC[C@H]1C(=O)NC(CC(C)C)C(=O)O. The van der Waals surface area contributed by atoms with Crippen LogP contribution < -0.4 is 5.32 Å². The van der Waals surface area contributed by atoms with Gasteiger partial charge in [0, 0.05) is 13.5 Å². The van der Waals surface area contributed by atoms with Crippen molar-refractivity contribution in [3.8, 4) is 0 Å². The molecule has 1 saturated heterocycles. The zero-order chi connectivity index (χ0) is 14.6. The standard InChI is InChI=1S/C13H22N2O4/c1-8(2)7-10(13(18)19)14-12(17)11-5-4-6-15(11)9(3)16/h8,10-11H,4-7H2,1-3H3,(H,14,17)(H,18,19)/t10?,11-/m0/s1. The van der Waals surface area contributed by atoms with Gasteiger partial charge in [-0.15, -0.1) is 0 Å². The van der Waals surface area contributed by atoms with Crippen LogP contribution in [0.1, 0.15) is 40.0 Å². The number of aliphatic carboxylic acids is 1. The second-order valence-electron chi connectivity index (χ2n) is 5.40. The molecule has 6 heteroatoms. The Labute approximate surface area is 113 Å². The molecule has 0 aromatic heterocycles. The van der Waals surface area contributed by atoms with E-state index in [-0.39, 0.29) is 17.7 Å². The summed E-state index contributed by atoms with van der Waals surface area (Å²) >= 11 is 0. The molecule has 2 amide bonds. The number of amides is 2. The van der Waals surface area contributed by atoms with E-state index in [4.69, 9.17) is 5.11 Å². The zero-order valence-electron chi connectivity index (χ0n) is 11.7. The van der Waals surface area contributed by atoms with Crippen molar-refractivity contribution < 1.29 is 19.5 Å². The highest BCUT2D eigenvalue weighted by Crippen LogP contribution is 2.18. The Balaban J connectivity index is 2.66. The Hall–Kier alpha value is -1.59. The first-order chi connectivity index (χ1) is 8.82. The summed E-state index contributed by atoms with van der Waals surface area (Å²) in [5.41, 5.74) is 0. The molecule has 1 unspecified atom stereocenters. The minimum atomic E-state index is -1.03. The molecule has 0 saturated carbocycles. The summed E-state index contributed by atoms with van der Waals surface area (Å²) in [7, 11) is 0. The van der Waals surface area contributed by atoms with Crippen molar-refractivity contribution >= 4 is 17.8 Å². The van der Waals surface area contributed by atoms with Crippen LogP contribution in [0.2, 0.25) is 0 Å². The van der Waals surface area contributed by atoms with Crippen LogP contribution in [0.5, 0.6) is 0 Å². The van der Waals surface area contributed by atoms with Crippen LogP contribution in [0.25, 0.3) is 0 Å². The molecule has 2 N–H and O–H groups in total. The summed E-state index contributed by atoms with van der Waals surface area (Å²) in [6, 6.07) is -1.41. The van der Waals surface area contributed by atoms with Crippen molar-refractivity contribution in [2.75, 3.05) is 6.54 Å². The van der Waals surface area contributed by atoms with E-state index in [1.165, 1.54) is 11.8 Å². The van der Waals surface area contributed by atoms with Gasteiger partial charge in [-0.3, -0.25) is 9.59 Å². The third kappa shape index (κ3) is 4.22. The molecule has 108 valence electrons. The number of nitrogens with zero attached hydrogens (tertiary/aromatic N) is 1. The lowest BCUT2D eigenvalue weighted by molar-refractivity contribution is -0.144. The molecule has 1 rings (SSSR count). The molecular formula is C13H22N2O4. The fraction of sp³-hybridized carbons (Fsp3) is 0.769. The predicted octanol–water partition coefficient (Wildman–Crippen LogP) is 0.613. The van der Waals surface area contributed by atoms with Crippen molar-refractivity contribution in [2.24, 2.45) is 5.92 Å². The fourth-order valence-corrected chi connectivity index (χ4v) is 2.38. The summed E-state index contributed by atoms with van der Waals surface area (Å²) in [6.45, 7) is 5.79. The van der Waals surface area contributed by atoms with Gasteiger partial charge in [-0.1, -0.05) is 13.8 Å². The Kier molecular flexibility index (Phi) is 5.32. The van der Waals surface area contributed by atoms with Crippen LogP contribution in [0.15, 0.2) is 0 Å². The van der Waals surface area contributed by atoms with Gasteiger partial charge >= 0.3 is 5.97 Å². The van der Waals surface area contributed by atoms with Crippen LogP contribution in [-0.2, 0) is 14.4 Å². The monoisotopic (exact) mass is 270 g/mol. The van der Waals surface area contributed by atoms with Gasteiger partial charge in [0.15, 0.2) is 0 Å². The van der Waals surface area contributed by atoms with Crippen molar-refractivity contribution in [1.82, 2.24) is 10.2 Å². The van der Waals surface area contributed by atoms with Crippen LogP contribution in [0.3, 0.4) is 0 Å². The van der Waals surface area contributed by atoms with Crippen molar-refractivity contribution in [2.45, 2.75) is 52.1 Å². The van der Waals surface area contributed by atoms with Crippen LogP contribution in [-0.4, -0.2) is 46.4 Å². The lowest BCUT2D eigenvalue weighted by atomic mass is 10.0. The first-order valence-corrected chi connectivity index (χ1v) is 6.63. The topological polar surface area (TPSA) is 86.7 Å². The van der Waals surface area contributed by atoms with E-state index >= 15 is 0 Å². The van der Waals surface area contributed by atoms with Gasteiger partial charge < -0.3 is 15.3 Å². The van der Waals surface area contributed by atoms with E-state index in [0.717, 1.165) is 6.42 Å². The second-order valence-corrected chi connectivity index (χ2v) is 5.40. The number of hydrogen-bond donors (Lipinski definition) is 2. The number of nitrogens with one attached hydrogen (secondary N) is 1. The number of carboxylic acids is 1. The third-order valence-corrected chi connectivity index (χ3v) is 3.28. The molecular weight excluding hydrogens is 248 g/mol. The van der Waals surface area contributed by atoms with Gasteiger partial charge in [0.05, 0.1) is 0 Å². The quantitative estimate of drug-likeness (QED) is 0.766. The van der Waals surface area contributed by atoms with Crippen LogP contribution in [0.4, 0.5) is 0 Å². The van der Waals surface area contributed by atoms with Crippen molar-refractivity contribution in [1.29, 1.82) is 0 Å². The average molecular weight is 270 g/mol. The highest BCUT2D eigenvalue weighted by Gasteiger charge is 2.34. The summed E-state index contributed by atoms with van der Waals surface area (Å²) in [5.74, 6) is -1.36. The maximum absolute atomic E-state index is 12.1. The fourth-order valence-electron chi connectivity index (χ4n) is 2.38. The first-order valence-electron chi connectivity index (χ1n) is 6.63. The summed E-state index contributed by atoms with van der Waals surface area (Å²) < 4.78 is 0. The minimum absolute atomic E-state index is 0.145. The predicted molar refractivity (Wildman–Crippen MR) is 69.4 cm³/mol. The average Bonchev–Trinajstić information content (AvgIpc) is 2.76. The molecule has 19 heavy (non-hydrogen) atoms. The molecule has 6 nitrogen and oxygen atoms in total. The third-order valence-electron chi connectivity index (χ3n) is 3.28. The second kappa shape index (κ2) is 6.54. The molecule has 0 bridgehead atoms. The summed E-state index contributed by atoms with van der Waals surface area (Å²) in [4.78, 5) is 36.1. The molecule has 0 aliphatic carbocycles. The highest BCUT2D eigenvalue weighted by atomic mass is 16.4. The Morgan fingerprint density at radius 1 is 1.37 bits per heavy atom. The van der Waals surface area contributed by atoms with E-state index in [9.17, 15) is 14.4 Å². The summed E-state index contributed by atoms with van der Waals surface area (Å²) in [6.07, 6.45) is 1.76. The molecule has 0 radical (unpaired) electrons. The number of carboxylic acid groups (broad SMARTS) is 1. The molecule has 2 atom stereocenters. The molecule has 1 fully saturated rings. The van der Waals surface area contributed by atoms with Gasteiger partial charge in [-0.25, -0.2) is 4.79 Å². The largest absolute Gasteiger partial charge is 0.480 e. The summed E-state index contributed by atoms with van der Waals surface area (Å²) in [5, 5.41) is 11.6. The van der Waals surface area contributed by atoms with E-state index in [1.54, 1.807) is 0 Å². The van der Waals surface area contributed by atoms with E-state index in [2.05, 4.69) is 5.32 Å². The lowest BCUT2D eigenvalue weighted by Crippen LogP contribution is -2.50. The highest BCUT2D eigenvalue weighted by molar-refractivity contribution is 5.90. The molecule has 0 aromatic rings. The number of carbonyl (C=O) groups excluding carboxylic acids is 2. The van der Waals surface area contributed by atoms with Crippen molar-refractivity contribution in [3.05, 3.63) is 0 Å². The van der Waals surface area contributed by atoms with Crippen LogP contribution in [0, 0.1) is 5.92 Å². The normalized spacial score (nSPS) is 20.4. The minimum Gasteiger partial charge on any atom is -0.480 e. The number of carbonyl (C=O) groups is 3. The number of rotatable bonds is 5. The Morgan fingerprint density at radius 2 is 2.00 bits per heavy atom. The van der Waals surface area contributed by atoms with Gasteiger partial charge in [0.25, 0.3) is 0 Å². The maximum atomic E-state index is 12.1. The van der Waals surface area contributed by atoms with Gasteiger partial charge in [0.2, 0.25) is 11.8 Å². The van der Waals surface area contributed by atoms with Gasteiger partial charge in [-0.2, -0.15) is 0 Å². The Bertz CT molecular complexity index is 368. The number of hydrogen-bond acceptors (Lipinski definition) is 3. The first kappa shape index (κ1) is 15.5. The van der Waals surface area contributed by atoms with Crippen LogP contribution >= 0.6 is 0 Å². The maximum Gasteiger partial charge on any atom is 0.326 e. The molecule has 1 heterocycles. The van der Waals surface area contributed by atoms with Gasteiger partial charge in [-0.05, 0) is 25.2 Å². The smallest absolute Gasteiger partial charge is 0.326 e. The molecule has 1 aliphatic rings. The zero-order valence-corrected chi connectivity index (χ0v) is 11.7. The van der Waals surface area contributed by atoms with E-state index < -0.39 is 18.1 Å². The Morgan fingerprint density at radius 3 is 2.47 bits per heavy atom. The molecule has 1 aliphatic heterocycles. The van der Waals surface area contributed by atoms with Crippen molar-refractivity contribution in [3.63, 3.8) is 0 Å². The van der Waals surface area contributed by atoms with E-state index in [0.29, 0.717) is 19.4 Å². The van der Waals surface area contributed by atoms with Gasteiger partial charge in [0.1, 0.15) is 12.1 Å². The molecule has 0 aromatic carbocycles. The van der Waals surface area contributed by atoms with E-state index in [1.807, 2.05) is 13.8 Å². The number of likely N-dealkylation sites (tertiary alicyclic amines) is 1.